The Balaban J connectivity index is 2.06. The van der Waals surface area contributed by atoms with Crippen LogP contribution in [-0.2, 0) is 0 Å². The molecule has 0 fully saturated rings. The zero-order valence-electron chi connectivity index (χ0n) is 10.6. The van der Waals surface area contributed by atoms with Crippen LogP contribution in [0.3, 0.4) is 0 Å². The molecule has 0 aliphatic heterocycles. The third kappa shape index (κ3) is 2.47. The molecule has 0 amide bonds. The van der Waals surface area contributed by atoms with E-state index in [1.807, 2.05) is 6.07 Å². The number of nitrogens with one attached hydrogen (secondary N) is 1. The van der Waals surface area contributed by atoms with Gasteiger partial charge in [-0.25, -0.2) is 9.97 Å². The summed E-state index contributed by atoms with van der Waals surface area (Å²) in [5, 5.41) is 0. The van der Waals surface area contributed by atoms with Crippen molar-refractivity contribution in [1.82, 2.24) is 15.0 Å². The van der Waals surface area contributed by atoms with Crippen molar-refractivity contribution in [3.63, 3.8) is 0 Å². The van der Waals surface area contributed by atoms with Crippen molar-refractivity contribution in [1.29, 1.82) is 0 Å². The van der Waals surface area contributed by atoms with Crippen LogP contribution in [0.15, 0.2) is 41.6 Å². The van der Waals surface area contributed by atoms with Gasteiger partial charge in [0.05, 0.1) is 0 Å². The molecule has 0 saturated carbocycles. The molecule has 96 valence electrons. The molecule has 0 radical (unpaired) electrons. The summed E-state index contributed by atoms with van der Waals surface area (Å²) < 4.78 is 0. The number of allylic oxidation sites excluding steroid dienone is 2. The molecule has 0 atom stereocenters. The van der Waals surface area contributed by atoms with Gasteiger partial charge in [0, 0.05) is 29.7 Å². The summed E-state index contributed by atoms with van der Waals surface area (Å²) in [6.07, 6.45) is 11.6. The number of aromatic amines is 1. The summed E-state index contributed by atoms with van der Waals surface area (Å²) in [7, 11) is 0. The van der Waals surface area contributed by atoms with Gasteiger partial charge < -0.3 is 4.98 Å². The van der Waals surface area contributed by atoms with Crippen LogP contribution in [0.2, 0.25) is 0 Å². The van der Waals surface area contributed by atoms with Crippen molar-refractivity contribution in [2.45, 2.75) is 25.7 Å². The summed E-state index contributed by atoms with van der Waals surface area (Å²) in [5.74, 6) is 0.636. The molecule has 4 nitrogen and oxygen atoms in total. The fraction of sp³-hybridized carbons (Fsp3) is 0.267. The highest BCUT2D eigenvalue weighted by Crippen LogP contribution is 2.26. The standard InChI is InChI=1S/C15H15N3O/c19-15-13(11-5-2-1-3-6-11)9-12(10-18-15)14-16-7-4-8-17-14/h4-5,7-10H,1-3,6H2,(H,18,19). The summed E-state index contributed by atoms with van der Waals surface area (Å²) in [6, 6.07) is 3.67. The fourth-order valence-corrected chi connectivity index (χ4v) is 2.38. The quantitative estimate of drug-likeness (QED) is 0.895. The zero-order valence-corrected chi connectivity index (χ0v) is 10.6. The topological polar surface area (TPSA) is 58.6 Å². The molecule has 2 aromatic rings. The molecule has 4 heteroatoms. The lowest BCUT2D eigenvalue weighted by atomic mass is 9.94. The Bertz CT molecular complexity index is 659. The van der Waals surface area contributed by atoms with Crippen LogP contribution in [0.1, 0.15) is 31.2 Å². The van der Waals surface area contributed by atoms with E-state index in [9.17, 15) is 4.79 Å². The minimum atomic E-state index is -0.0344. The SMILES string of the molecule is O=c1[nH]cc(-c2ncccn2)cc1C1=CCCCC1. The predicted molar refractivity (Wildman–Crippen MR) is 74.5 cm³/mol. The van der Waals surface area contributed by atoms with Gasteiger partial charge >= 0.3 is 0 Å². The second kappa shape index (κ2) is 5.18. The maximum Gasteiger partial charge on any atom is 0.255 e. The van der Waals surface area contributed by atoms with Gasteiger partial charge in [0.25, 0.3) is 5.56 Å². The normalized spacial score (nSPS) is 15.1. The smallest absolute Gasteiger partial charge is 0.255 e. The van der Waals surface area contributed by atoms with Crippen LogP contribution in [0, 0.1) is 0 Å². The first-order chi connectivity index (χ1) is 9.34. The molecule has 0 bridgehead atoms. The molecule has 0 spiro atoms. The number of hydrogen-bond acceptors (Lipinski definition) is 3. The highest BCUT2D eigenvalue weighted by Gasteiger charge is 2.12. The van der Waals surface area contributed by atoms with Gasteiger partial charge in [-0.2, -0.15) is 0 Å². The van der Waals surface area contributed by atoms with E-state index < -0.39 is 0 Å². The molecule has 3 rings (SSSR count). The van der Waals surface area contributed by atoms with Crippen molar-refractivity contribution in [2.75, 3.05) is 0 Å². The predicted octanol–water partition coefficient (Wildman–Crippen LogP) is 2.79. The Labute approximate surface area is 111 Å². The van der Waals surface area contributed by atoms with E-state index in [1.165, 1.54) is 6.42 Å². The fourth-order valence-electron chi connectivity index (χ4n) is 2.38. The van der Waals surface area contributed by atoms with Gasteiger partial charge in [-0.1, -0.05) is 6.08 Å². The molecular formula is C15H15N3O. The van der Waals surface area contributed by atoms with E-state index in [-0.39, 0.29) is 5.56 Å². The number of rotatable bonds is 2. The Kier molecular flexibility index (Phi) is 3.23. The van der Waals surface area contributed by atoms with Gasteiger partial charge in [-0.05, 0) is 43.4 Å². The van der Waals surface area contributed by atoms with Crippen LogP contribution in [0.25, 0.3) is 17.0 Å². The van der Waals surface area contributed by atoms with Crippen LogP contribution in [-0.4, -0.2) is 15.0 Å². The third-order valence-corrected chi connectivity index (χ3v) is 3.36. The van der Waals surface area contributed by atoms with E-state index in [2.05, 4.69) is 21.0 Å². The van der Waals surface area contributed by atoms with Gasteiger partial charge in [0.1, 0.15) is 0 Å². The average Bonchev–Trinajstić information content (AvgIpc) is 2.49. The molecule has 0 saturated heterocycles. The van der Waals surface area contributed by atoms with Gasteiger partial charge in [0.15, 0.2) is 5.82 Å². The van der Waals surface area contributed by atoms with Crippen molar-refractivity contribution in [2.24, 2.45) is 0 Å². The lowest BCUT2D eigenvalue weighted by Gasteiger charge is -2.12. The summed E-state index contributed by atoms with van der Waals surface area (Å²) in [6.45, 7) is 0. The largest absolute Gasteiger partial charge is 0.328 e. The molecule has 0 aromatic carbocycles. The van der Waals surface area contributed by atoms with Crippen LogP contribution >= 0.6 is 0 Å². The minimum absolute atomic E-state index is 0.0344. The molecule has 0 unspecified atom stereocenters. The van der Waals surface area contributed by atoms with Crippen molar-refractivity contribution in [3.8, 4) is 11.4 Å². The maximum atomic E-state index is 12.0. The minimum Gasteiger partial charge on any atom is -0.328 e. The van der Waals surface area contributed by atoms with E-state index in [0.717, 1.165) is 36.0 Å². The van der Waals surface area contributed by atoms with E-state index in [0.29, 0.717) is 5.82 Å². The van der Waals surface area contributed by atoms with Crippen LogP contribution in [0.4, 0.5) is 0 Å². The first kappa shape index (κ1) is 11.8. The third-order valence-electron chi connectivity index (χ3n) is 3.36. The van der Waals surface area contributed by atoms with Crippen LogP contribution in [0.5, 0.6) is 0 Å². The van der Waals surface area contributed by atoms with Gasteiger partial charge in [0.2, 0.25) is 0 Å². The van der Waals surface area contributed by atoms with E-state index in [1.54, 1.807) is 24.7 Å². The van der Waals surface area contributed by atoms with E-state index >= 15 is 0 Å². The molecular weight excluding hydrogens is 238 g/mol. The summed E-state index contributed by atoms with van der Waals surface area (Å²) in [4.78, 5) is 23.2. The Hall–Kier alpha value is -2.23. The maximum absolute atomic E-state index is 12.0. The highest BCUT2D eigenvalue weighted by molar-refractivity contribution is 5.69. The van der Waals surface area contributed by atoms with Gasteiger partial charge in [-0.3, -0.25) is 4.79 Å². The molecule has 19 heavy (non-hydrogen) atoms. The molecule has 2 heterocycles. The average molecular weight is 253 g/mol. The van der Waals surface area contributed by atoms with Crippen molar-refractivity contribution in [3.05, 3.63) is 52.7 Å². The number of pyridine rings is 1. The first-order valence-electron chi connectivity index (χ1n) is 6.54. The monoisotopic (exact) mass is 253 g/mol. The highest BCUT2D eigenvalue weighted by atomic mass is 16.1. The second-order valence-electron chi connectivity index (χ2n) is 4.68. The number of hydrogen-bond donors (Lipinski definition) is 1. The molecule has 2 aromatic heterocycles. The molecule has 1 aliphatic rings. The summed E-state index contributed by atoms with van der Waals surface area (Å²) >= 11 is 0. The zero-order chi connectivity index (χ0) is 13.1. The Morgan fingerprint density at radius 2 is 2.00 bits per heavy atom. The first-order valence-corrected chi connectivity index (χ1v) is 6.54. The number of nitrogens with zero attached hydrogens (tertiary/aromatic N) is 2. The van der Waals surface area contributed by atoms with Crippen molar-refractivity contribution < 1.29 is 0 Å². The Morgan fingerprint density at radius 3 is 2.74 bits per heavy atom. The van der Waals surface area contributed by atoms with Gasteiger partial charge in [-0.15, -0.1) is 0 Å². The van der Waals surface area contributed by atoms with Crippen LogP contribution < -0.4 is 5.56 Å². The van der Waals surface area contributed by atoms with Crippen molar-refractivity contribution >= 4 is 5.57 Å². The molecule has 1 N–H and O–H groups in total. The molecule has 1 aliphatic carbocycles. The lowest BCUT2D eigenvalue weighted by molar-refractivity contribution is 0.741. The second-order valence-corrected chi connectivity index (χ2v) is 4.68. The Morgan fingerprint density at radius 1 is 1.16 bits per heavy atom. The van der Waals surface area contributed by atoms with E-state index in [4.69, 9.17) is 0 Å². The lowest BCUT2D eigenvalue weighted by Crippen LogP contribution is -2.12. The number of H-pyrrole nitrogens is 1. The summed E-state index contributed by atoms with van der Waals surface area (Å²) in [5.41, 5.74) is 2.71. The number of aromatic nitrogens is 3.